The highest BCUT2D eigenvalue weighted by Crippen LogP contribution is 2.16. The Hall–Kier alpha value is -1.61. The van der Waals surface area contributed by atoms with E-state index in [1.807, 2.05) is 0 Å². The molecule has 0 saturated carbocycles. The number of carbonyl (C=O) groups is 2. The standard InChI is InChI=1S/C11H15N3O3/c12-6-9-5-10(15)14(7-9)8-11(16)13-1-3-17-4-2-13/h9H,1-5,7-8H2. The van der Waals surface area contributed by atoms with Gasteiger partial charge in [-0.2, -0.15) is 5.26 Å². The summed E-state index contributed by atoms with van der Waals surface area (Å²) in [5.74, 6) is -0.418. The van der Waals surface area contributed by atoms with Crippen LogP contribution < -0.4 is 0 Å². The zero-order chi connectivity index (χ0) is 12.3. The van der Waals surface area contributed by atoms with E-state index in [-0.39, 0.29) is 30.7 Å². The monoisotopic (exact) mass is 237 g/mol. The lowest BCUT2D eigenvalue weighted by Crippen LogP contribution is -2.46. The maximum atomic E-state index is 11.9. The molecule has 2 saturated heterocycles. The molecule has 2 aliphatic rings. The molecule has 17 heavy (non-hydrogen) atoms. The Morgan fingerprint density at radius 1 is 1.47 bits per heavy atom. The fraction of sp³-hybridized carbons (Fsp3) is 0.727. The molecule has 0 aromatic carbocycles. The van der Waals surface area contributed by atoms with Crippen molar-refractivity contribution in [3.63, 3.8) is 0 Å². The normalized spacial score (nSPS) is 24.9. The van der Waals surface area contributed by atoms with E-state index in [1.54, 1.807) is 4.90 Å². The number of hydrogen-bond donors (Lipinski definition) is 0. The second-order valence-corrected chi connectivity index (χ2v) is 4.30. The smallest absolute Gasteiger partial charge is 0.242 e. The summed E-state index contributed by atoms with van der Waals surface area (Å²) in [5.41, 5.74) is 0. The number of hydrogen-bond acceptors (Lipinski definition) is 4. The van der Waals surface area contributed by atoms with E-state index >= 15 is 0 Å². The van der Waals surface area contributed by atoms with E-state index in [2.05, 4.69) is 6.07 Å². The van der Waals surface area contributed by atoms with Crippen LogP contribution in [0.5, 0.6) is 0 Å². The third-order valence-electron chi connectivity index (χ3n) is 3.09. The lowest BCUT2D eigenvalue weighted by atomic mass is 10.1. The number of ether oxygens (including phenoxy) is 1. The van der Waals surface area contributed by atoms with Crippen molar-refractivity contribution < 1.29 is 14.3 Å². The van der Waals surface area contributed by atoms with Gasteiger partial charge in [0.2, 0.25) is 11.8 Å². The molecule has 0 aromatic heterocycles. The predicted octanol–water partition coefficient (Wildman–Crippen LogP) is -0.783. The minimum absolute atomic E-state index is 0.0553. The zero-order valence-corrected chi connectivity index (χ0v) is 9.59. The minimum atomic E-state index is -0.264. The topological polar surface area (TPSA) is 73.6 Å². The highest BCUT2D eigenvalue weighted by molar-refractivity contribution is 5.86. The number of carbonyl (C=O) groups excluding carboxylic acids is 2. The van der Waals surface area contributed by atoms with Gasteiger partial charge in [0.15, 0.2) is 0 Å². The fourth-order valence-electron chi connectivity index (χ4n) is 2.09. The summed E-state index contributed by atoms with van der Waals surface area (Å²) in [5, 5.41) is 8.74. The SMILES string of the molecule is N#CC1CC(=O)N(CC(=O)N2CCOCC2)C1. The van der Waals surface area contributed by atoms with Crippen molar-refractivity contribution in [3.05, 3.63) is 0 Å². The number of nitrogens with zero attached hydrogens (tertiary/aromatic N) is 3. The number of likely N-dealkylation sites (tertiary alicyclic amines) is 1. The first-order chi connectivity index (χ1) is 8.20. The molecule has 1 atom stereocenters. The van der Waals surface area contributed by atoms with Crippen LogP contribution in [0.2, 0.25) is 0 Å². The van der Waals surface area contributed by atoms with Crippen LogP contribution >= 0.6 is 0 Å². The molecule has 0 aromatic rings. The molecule has 2 amide bonds. The molecule has 0 N–H and O–H groups in total. The first-order valence-corrected chi connectivity index (χ1v) is 5.73. The second kappa shape index (κ2) is 5.15. The molecule has 0 radical (unpaired) electrons. The molecule has 0 bridgehead atoms. The van der Waals surface area contributed by atoms with Crippen LogP contribution in [0.3, 0.4) is 0 Å². The highest BCUT2D eigenvalue weighted by Gasteiger charge is 2.31. The number of nitriles is 1. The minimum Gasteiger partial charge on any atom is -0.378 e. The Morgan fingerprint density at radius 2 is 2.18 bits per heavy atom. The highest BCUT2D eigenvalue weighted by atomic mass is 16.5. The van der Waals surface area contributed by atoms with Crippen LogP contribution in [0.15, 0.2) is 0 Å². The average Bonchev–Trinajstić information content (AvgIpc) is 2.71. The van der Waals surface area contributed by atoms with Gasteiger partial charge in [-0.15, -0.1) is 0 Å². The van der Waals surface area contributed by atoms with Crippen LogP contribution in [0.4, 0.5) is 0 Å². The van der Waals surface area contributed by atoms with Crippen LogP contribution in [0.1, 0.15) is 6.42 Å². The molecule has 6 heteroatoms. The molecule has 1 unspecified atom stereocenters. The Bertz CT molecular complexity index is 357. The quantitative estimate of drug-likeness (QED) is 0.631. The number of amides is 2. The summed E-state index contributed by atoms with van der Waals surface area (Å²) >= 11 is 0. The van der Waals surface area contributed by atoms with E-state index in [0.29, 0.717) is 32.8 Å². The summed E-state index contributed by atoms with van der Waals surface area (Å²) in [6, 6.07) is 2.07. The van der Waals surface area contributed by atoms with Crippen molar-refractivity contribution in [2.24, 2.45) is 5.92 Å². The zero-order valence-electron chi connectivity index (χ0n) is 9.59. The molecule has 2 rings (SSSR count). The Morgan fingerprint density at radius 3 is 2.76 bits per heavy atom. The van der Waals surface area contributed by atoms with Gasteiger partial charge in [0, 0.05) is 26.1 Å². The summed E-state index contributed by atoms with van der Waals surface area (Å²) < 4.78 is 5.16. The van der Waals surface area contributed by atoms with E-state index in [0.717, 1.165) is 0 Å². The maximum Gasteiger partial charge on any atom is 0.242 e. The van der Waals surface area contributed by atoms with Crippen molar-refractivity contribution in [1.82, 2.24) is 9.80 Å². The van der Waals surface area contributed by atoms with E-state index in [1.165, 1.54) is 4.90 Å². The van der Waals surface area contributed by atoms with Gasteiger partial charge in [-0.25, -0.2) is 0 Å². The van der Waals surface area contributed by atoms with Gasteiger partial charge >= 0.3 is 0 Å². The van der Waals surface area contributed by atoms with Crippen molar-refractivity contribution in [1.29, 1.82) is 5.26 Å². The fourth-order valence-corrected chi connectivity index (χ4v) is 2.09. The van der Waals surface area contributed by atoms with E-state index in [4.69, 9.17) is 10.00 Å². The van der Waals surface area contributed by atoms with Crippen LogP contribution in [-0.2, 0) is 14.3 Å². The maximum absolute atomic E-state index is 11.9. The molecule has 6 nitrogen and oxygen atoms in total. The van der Waals surface area contributed by atoms with Gasteiger partial charge in [-0.05, 0) is 0 Å². The molecule has 0 aliphatic carbocycles. The molecule has 2 fully saturated rings. The van der Waals surface area contributed by atoms with Crippen LogP contribution in [-0.4, -0.2) is 61.0 Å². The van der Waals surface area contributed by atoms with Gasteiger partial charge in [0.25, 0.3) is 0 Å². The predicted molar refractivity (Wildman–Crippen MR) is 57.7 cm³/mol. The second-order valence-electron chi connectivity index (χ2n) is 4.30. The Kier molecular flexibility index (Phi) is 3.59. The largest absolute Gasteiger partial charge is 0.378 e. The van der Waals surface area contributed by atoms with Crippen molar-refractivity contribution in [2.45, 2.75) is 6.42 Å². The van der Waals surface area contributed by atoms with Gasteiger partial charge in [-0.3, -0.25) is 9.59 Å². The first kappa shape index (κ1) is 11.9. The summed E-state index contributed by atoms with van der Waals surface area (Å²) in [6.07, 6.45) is 0.243. The Balaban J connectivity index is 1.86. The van der Waals surface area contributed by atoms with E-state index < -0.39 is 0 Å². The first-order valence-electron chi connectivity index (χ1n) is 5.73. The molecule has 2 heterocycles. The molecular weight excluding hydrogens is 222 g/mol. The van der Waals surface area contributed by atoms with Gasteiger partial charge in [-0.1, -0.05) is 0 Å². The summed E-state index contributed by atoms with van der Waals surface area (Å²) in [7, 11) is 0. The van der Waals surface area contributed by atoms with E-state index in [9.17, 15) is 9.59 Å². The van der Waals surface area contributed by atoms with Gasteiger partial charge < -0.3 is 14.5 Å². The Labute approximate surface area is 99.7 Å². The number of rotatable bonds is 2. The molecule has 92 valence electrons. The lowest BCUT2D eigenvalue weighted by molar-refractivity contribution is -0.141. The summed E-state index contributed by atoms with van der Waals surface area (Å²) in [4.78, 5) is 26.6. The van der Waals surface area contributed by atoms with Crippen molar-refractivity contribution >= 4 is 11.8 Å². The summed E-state index contributed by atoms with van der Waals surface area (Å²) in [6.45, 7) is 2.76. The van der Waals surface area contributed by atoms with Gasteiger partial charge in [0.1, 0.15) is 0 Å². The molecular formula is C11H15N3O3. The van der Waals surface area contributed by atoms with Crippen LogP contribution in [0, 0.1) is 17.2 Å². The molecule has 2 aliphatic heterocycles. The van der Waals surface area contributed by atoms with Gasteiger partial charge in [0.05, 0.1) is 31.7 Å². The lowest BCUT2D eigenvalue weighted by Gasteiger charge is -2.28. The third-order valence-corrected chi connectivity index (χ3v) is 3.09. The van der Waals surface area contributed by atoms with Crippen LogP contribution in [0.25, 0.3) is 0 Å². The van der Waals surface area contributed by atoms with Crippen molar-refractivity contribution in [3.8, 4) is 6.07 Å². The molecule has 0 spiro atoms. The van der Waals surface area contributed by atoms with Crippen molar-refractivity contribution in [2.75, 3.05) is 39.4 Å². The third kappa shape index (κ3) is 2.74. The average molecular weight is 237 g/mol. The number of morpholine rings is 1.